The first-order valence-corrected chi connectivity index (χ1v) is 6.92. The Morgan fingerprint density at radius 3 is 2.21 bits per heavy atom. The van der Waals surface area contributed by atoms with Crippen LogP contribution in [0.5, 0.6) is 0 Å². The fourth-order valence-electron chi connectivity index (χ4n) is 2.81. The second kappa shape index (κ2) is 5.49. The van der Waals surface area contributed by atoms with E-state index in [1.807, 2.05) is 20.8 Å². The van der Waals surface area contributed by atoms with Gasteiger partial charge in [0, 0.05) is 7.11 Å². The fraction of sp³-hybridized carbons (Fsp3) is 0.857. The number of rotatable bonds is 5. The summed E-state index contributed by atoms with van der Waals surface area (Å²) in [4.78, 5) is 26.9. The topological polar surface area (TPSA) is 58.6 Å². The molecule has 1 N–H and O–H groups in total. The number of carbonyl (C=O) groups excluding carboxylic acids is 2. The van der Waals surface area contributed by atoms with Gasteiger partial charge in [-0.05, 0) is 33.6 Å². The Bertz CT molecular complexity index is 362. The van der Waals surface area contributed by atoms with Gasteiger partial charge in [-0.25, -0.2) is 0 Å². The van der Waals surface area contributed by atoms with E-state index in [9.17, 15) is 9.59 Å². The third kappa shape index (κ3) is 2.48. The van der Waals surface area contributed by atoms with Gasteiger partial charge in [-0.15, -0.1) is 0 Å². The second-order valence-electron chi connectivity index (χ2n) is 5.78. The Morgan fingerprint density at radius 2 is 1.79 bits per heavy atom. The second-order valence-corrected chi connectivity index (χ2v) is 5.78. The van der Waals surface area contributed by atoms with Gasteiger partial charge in [0.25, 0.3) is 0 Å². The molecule has 1 aliphatic heterocycles. The number of nitrogens with zero attached hydrogens (tertiary/aromatic N) is 1. The average Bonchev–Trinajstić information content (AvgIpc) is 2.34. The van der Waals surface area contributed by atoms with Crippen molar-refractivity contribution in [3.63, 3.8) is 0 Å². The van der Waals surface area contributed by atoms with Crippen LogP contribution in [-0.4, -0.2) is 47.6 Å². The van der Waals surface area contributed by atoms with Crippen LogP contribution in [0.4, 0.5) is 0 Å². The standard InChI is InChI=1S/C14H26N2O3/c1-7-14(8-2)12(18)16(10(3)9-19-6)13(4,5)11(17)15-14/h10H,7-9H2,1-6H3,(H,15,17). The van der Waals surface area contributed by atoms with Crippen LogP contribution in [0.1, 0.15) is 47.5 Å². The number of nitrogens with one attached hydrogen (secondary N) is 1. The first-order chi connectivity index (χ1) is 8.76. The Morgan fingerprint density at radius 1 is 1.26 bits per heavy atom. The summed E-state index contributed by atoms with van der Waals surface area (Å²) in [6.07, 6.45) is 1.20. The summed E-state index contributed by atoms with van der Waals surface area (Å²) in [5.41, 5.74) is -1.61. The zero-order valence-electron chi connectivity index (χ0n) is 12.9. The largest absolute Gasteiger partial charge is 0.383 e. The molecule has 1 unspecified atom stereocenters. The molecule has 2 amide bonds. The number of ether oxygens (including phenoxy) is 1. The predicted molar refractivity (Wildman–Crippen MR) is 73.7 cm³/mol. The summed E-state index contributed by atoms with van der Waals surface area (Å²) < 4.78 is 5.14. The summed E-state index contributed by atoms with van der Waals surface area (Å²) in [6.45, 7) is 9.76. The van der Waals surface area contributed by atoms with Gasteiger partial charge in [-0.2, -0.15) is 0 Å². The minimum absolute atomic E-state index is 0.00773. The molecule has 1 fully saturated rings. The van der Waals surface area contributed by atoms with Gasteiger partial charge in [0.05, 0.1) is 12.6 Å². The van der Waals surface area contributed by atoms with Gasteiger partial charge in [0.1, 0.15) is 11.1 Å². The highest BCUT2D eigenvalue weighted by molar-refractivity contribution is 6.02. The van der Waals surface area contributed by atoms with Crippen molar-refractivity contribution in [1.29, 1.82) is 0 Å². The number of hydrogen-bond acceptors (Lipinski definition) is 3. The lowest BCUT2D eigenvalue weighted by Crippen LogP contribution is -2.75. The quantitative estimate of drug-likeness (QED) is 0.819. The van der Waals surface area contributed by atoms with Crippen LogP contribution in [0, 0.1) is 0 Å². The Balaban J connectivity index is 3.21. The summed E-state index contributed by atoms with van der Waals surface area (Å²) in [6, 6.07) is -0.129. The molecule has 1 atom stereocenters. The molecule has 5 heteroatoms. The molecule has 0 spiro atoms. The first-order valence-electron chi connectivity index (χ1n) is 6.92. The Hall–Kier alpha value is -1.10. The molecule has 0 radical (unpaired) electrons. The van der Waals surface area contributed by atoms with E-state index < -0.39 is 11.1 Å². The summed E-state index contributed by atoms with van der Waals surface area (Å²) in [5.74, 6) is -0.106. The molecule has 1 rings (SSSR count). The molecule has 19 heavy (non-hydrogen) atoms. The molecule has 0 aromatic rings. The minimum atomic E-state index is -0.844. The van der Waals surface area contributed by atoms with Crippen LogP contribution >= 0.6 is 0 Å². The van der Waals surface area contributed by atoms with Crippen molar-refractivity contribution in [1.82, 2.24) is 10.2 Å². The number of amides is 2. The van der Waals surface area contributed by atoms with Gasteiger partial charge in [0.15, 0.2) is 0 Å². The molecule has 1 aliphatic rings. The van der Waals surface area contributed by atoms with E-state index in [0.717, 1.165) is 0 Å². The fourth-order valence-corrected chi connectivity index (χ4v) is 2.81. The molecule has 0 aromatic carbocycles. The van der Waals surface area contributed by atoms with Crippen molar-refractivity contribution in [2.45, 2.75) is 64.6 Å². The zero-order valence-corrected chi connectivity index (χ0v) is 12.9. The van der Waals surface area contributed by atoms with Crippen molar-refractivity contribution < 1.29 is 14.3 Å². The van der Waals surface area contributed by atoms with Crippen molar-refractivity contribution in [3.05, 3.63) is 0 Å². The van der Waals surface area contributed by atoms with Crippen LogP contribution in [0.15, 0.2) is 0 Å². The third-order valence-electron chi connectivity index (χ3n) is 4.19. The SMILES string of the molecule is CCC1(CC)NC(=O)C(C)(C)N(C(C)COC)C1=O. The normalized spacial score (nSPS) is 23.2. The molecule has 0 saturated carbocycles. The lowest BCUT2D eigenvalue weighted by Gasteiger charge is -2.51. The van der Waals surface area contributed by atoms with Gasteiger partial charge >= 0.3 is 0 Å². The third-order valence-corrected chi connectivity index (χ3v) is 4.19. The smallest absolute Gasteiger partial charge is 0.249 e. The summed E-state index contributed by atoms with van der Waals surface area (Å²) >= 11 is 0. The predicted octanol–water partition coefficient (Wildman–Crippen LogP) is 1.32. The van der Waals surface area contributed by atoms with Crippen LogP contribution in [-0.2, 0) is 14.3 Å². The molecule has 110 valence electrons. The average molecular weight is 270 g/mol. The summed E-state index contributed by atoms with van der Waals surface area (Å²) in [7, 11) is 1.60. The highest BCUT2D eigenvalue weighted by Crippen LogP contribution is 2.32. The van der Waals surface area contributed by atoms with Crippen LogP contribution in [0.2, 0.25) is 0 Å². The van der Waals surface area contributed by atoms with Crippen LogP contribution < -0.4 is 5.32 Å². The number of methoxy groups -OCH3 is 1. The van der Waals surface area contributed by atoms with Crippen molar-refractivity contribution >= 4 is 11.8 Å². The highest BCUT2D eigenvalue weighted by atomic mass is 16.5. The van der Waals surface area contributed by atoms with Gasteiger partial charge in [0.2, 0.25) is 11.8 Å². The minimum Gasteiger partial charge on any atom is -0.383 e. The molecule has 5 nitrogen and oxygen atoms in total. The van der Waals surface area contributed by atoms with E-state index in [4.69, 9.17) is 4.74 Å². The monoisotopic (exact) mass is 270 g/mol. The molecule has 0 aliphatic carbocycles. The van der Waals surface area contributed by atoms with E-state index in [1.54, 1.807) is 25.9 Å². The van der Waals surface area contributed by atoms with Crippen LogP contribution in [0.25, 0.3) is 0 Å². The first kappa shape index (κ1) is 16.0. The molecule has 1 heterocycles. The lowest BCUT2D eigenvalue weighted by molar-refractivity contribution is -0.166. The maximum atomic E-state index is 12.8. The molecule has 1 saturated heterocycles. The van der Waals surface area contributed by atoms with E-state index in [2.05, 4.69) is 5.32 Å². The molecule has 0 bridgehead atoms. The summed E-state index contributed by atoms with van der Waals surface area (Å²) in [5, 5.41) is 2.93. The zero-order chi connectivity index (χ0) is 14.8. The maximum absolute atomic E-state index is 12.8. The number of carbonyl (C=O) groups is 2. The van der Waals surface area contributed by atoms with Crippen molar-refractivity contribution in [3.8, 4) is 0 Å². The van der Waals surface area contributed by atoms with E-state index in [0.29, 0.717) is 19.4 Å². The van der Waals surface area contributed by atoms with E-state index in [-0.39, 0.29) is 17.9 Å². The van der Waals surface area contributed by atoms with E-state index >= 15 is 0 Å². The van der Waals surface area contributed by atoms with Gasteiger partial charge in [-0.1, -0.05) is 13.8 Å². The van der Waals surface area contributed by atoms with Crippen LogP contribution in [0.3, 0.4) is 0 Å². The lowest BCUT2D eigenvalue weighted by atomic mass is 9.82. The molecule has 0 aromatic heterocycles. The van der Waals surface area contributed by atoms with Gasteiger partial charge in [-0.3, -0.25) is 9.59 Å². The van der Waals surface area contributed by atoms with Gasteiger partial charge < -0.3 is 15.0 Å². The van der Waals surface area contributed by atoms with E-state index in [1.165, 1.54) is 0 Å². The highest BCUT2D eigenvalue weighted by Gasteiger charge is 2.54. The maximum Gasteiger partial charge on any atom is 0.249 e. The Kier molecular flexibility index (Phi) is 4.61. The number of piperazine rings is 1. The van der Waals surface area contributed by atoms with Crippen molar-refractivity contribution in [2.75, 3.05) is 13.7 Å². The molecular formula is C14H26N2O3. The number of hydrogen-bond donors (Lipinski definition) is 1. The molecular weight excluding hydrogens is 244 g/mol. The van der Waals surface area contributed by atoms with Crippen molar-refractivity contribution in [2.24, 2.45) is 0 Å². The Labute approximate surface area is 115 Å².